The summed E-state index contributed by atoms with van der Waals surface area (Å²) in [5.74, 6) is 0.122. The van der Waals surface area contributed by atoms with E-state index >= 15 is 0 Å². The van der Waals surface area contributed by atoms with Gasteiger partial charge in [-0.25, -0.2) is 10.3 Å². The molecule has 31 heavy (non-hydrogen) atoms. The summed E-state index contributed by atoms with van der Waals surface area (Å²) >= 11 is 0. The third-order valence-corrected chi connectivity index (χ3v) is 6.88. The number of amides is 3. The van der Waals surface area contributed by atoms with E-state index in [-0.39, 0.29) is 12.6 Å². The Morgan fingerprint density at radius 1 is 1.23 bits per heavy atom. The van der Waals surface area contributed by atoms with Gasteiger partial charge in [-0.2, -0.15) is 13.5 Å². The van der Waals surface area contributed by atoms with Gasteiger partial charge in [-0.15, -0.1) is 4.28 Å². The van der Waals surface area contributed by atoms with Crippen molar-refractivity contribution in [2.45, 2.75) is 56.7 Å². The lowest BCUT2D eigenvalue weighted by atomic mass is 10.0. The summed E-state index contributed by atoms with van der Waals surface area (Å²) in [6, 6.07) is -1.91. The lowest BCUT2D eigenvalue weighted by Crippen LogP contribution is -2.50. The Hall–Kier alpha value is -1.51. The van der Waals surface area contributed by atoms with Gasteiger partial charge >= 0.3 is 16.4 Å². The molecule has 4 rings (SSSR count). The molecule has 3 N–H and O–H groups in total. The van der Waals surface area contributed by atoms with Gasteiger partial charge in [-0.05, 0) is 57.7 Å². The van der Waals surface area contributed by atoms with Crippen LogP contribution >= 0.6 is 0 Å². The number of nitrogens with zero attached hydrogens (tertiary/aromatic N) is 3. The van der Waals surface area contributed by atoms with Gasteiger partial charge in [-0.1, -0.05) is 6.42 Å². The van der Waals surface area contributed by atoms with Gasteiger partial charge in [0, 0.05) is 19.1 Å². The number of carbonyl (C=O) groups excluding carboxylic acids is 2. The van der Waals surface area contributed by atoms with E-state index in [1.165, 1.54) is 37.3 Å². The summed E-state index contributed by atoms with van der Waals surface area (Å²) in [6.07, 6.45) is 5.59. The molecule has 4 aliphatic heterocycles. The molecule has 3 amide bonds. The molecule has 0 aromatic rings. The number of hydroxylamine groups is 3. The molecule has 4 saturated heterocycles. The molecule has 0 unspecified atom stereocenters. The second kappa shape index (κ2) is 9.55. The summed E-state index contributed by atoms with van der Waals surface area (Å²) in [4.78, 5) is 34.1. The van der Waals surface area contributed by atoms with Crippen molar-refractivity contribution in [2.24, 2.45) is 5.92 Å². The molecule has 4 heterocycles. The SMILES string of the molecule is O=C(NOC[C@@H]1C[C@@H](CN2CCCCC2)CN1)[C@@H]1CC[C@@H]2CN1C(=O)N2OS(=O)(=O)O. The normalized spacial score (nSPS) is 32.0. The average Bonchev–Trinajstić information content (AvgIpc) is 3.26. The largest absolute Gasteiger partial charge is 0.418 e. The molecule has 0 aromatic carbocycles. The topological polar surface area (TPSA) is 141 Å². The number of nitrogens with one attached hydrogen (secondary N) is 2. The lowest BCUT2D eigenvalue weighted by Gasteiger charge is -2.29. The van der Waals surface area contributed by atoms with Crippen molar-refractivity contribution in [3.63, 3.8) is 0 Å². The van der Waals surface area contributed by atoms with E-state index in [0.29, 0.717) is 30.4 Å². The molecule has 4 fully saturated rings. The summed E-state index contributed by atoms with van der Waals surface area (Å²) in [6.45, 7) is 4.88. The Kier molecular flexibility index (Phi) is 6.98. The molecule has 0 spiro atoms. The van der Waals surface area contributed by atoms with Crippen LogP contribution in [0.2, 0.25) is 0 Å². The first-order chi connectivity index (χ1) is 14.8. The minimum absolute atomic E-state index is 0.148. The predicted molar refractivity (Wildman–Crippen MR) is 108 cm³/mol. The van der Waals surface area contributed by atoms with Gasteiger partial charge in [0.1, 0.15) is 6.04 Å². The second-order valence-electron chi connectivity index (χ2n) is 8.86. The average molecular weight is 462 g/mol. The van der Waals surface area contributed by atoms with Crippen LogP contribution in [0, 0.1) is 5.92 Å². The maximum absolute atomic E-state index is 12.5. The molecule has 0 aliphatic carbocycles. The molecule has 0 aromatic heterocycles. The first kappa shape index (κ1) is 22.7. The van der Waals surface area contributed by atoms with Crippen molar-refractivity contribution < 1.29 is 31.7 Å². The zero-order valence-electron chi connectivity index (χ0n) is 17.4. The first-order valence-corrected chi connectivity index (χ1v) is 12.3. The Morgan fingerprint density at radius 3 is 2.74 bits per heavy atom. The number of piperidine rings is 2. The van der Waals surface area contributed by atoms with Crippen molar-refractivity contribution in [3.8, 4) is 0 Å². The van der Waals surface area contributed by atoms with Gasteiger partial charge in [0.15, 0.2) is 0 Å². The van der Waals surface area contributed by atoms with Crippen LogP contribution in [-0.2, 0) is 24.3 Å². The van der Waals surface area contributed by atoms with E-state index in [0.717, 1.165) is 19.5 Å². The zero-order chi connectivity index (χ0) is 22.0. The number of carbonyl (C=O) groups is 2. The van der Waals surface area contributed by atoms with Gasteiger partial charge in [0.25, 0.3) is 5.91 Å². The smallest absolute Gasteiger partial charge is 0.311 e. The quantitative estimate of drug-likeness (QED) is 0.322. The molecule has 2 bridgehead atoms. The van der Waals surface area contributed by atoms with E-state index < -0.39 is 34.4 Å². The van der Waals surface area contributed by atoms with Crippen molar-refractivity contribution in [2.75, 3.05) is 39.3 Å². The Balaban J connectivity index is 1.19. The highest BCUT2D eigenvalue weighted by Gasteiger charge is 2.49. The highest BCUT2D eigenvalue weighted by Crippen LogP contribution is 2.30. The number of fused-ring (bicyclic) bond motifs is 2. The standard InChI is InChI=1S/C18H31N5O7S/c24-17(16-5-4-15-11-22(16)18(25)23(15)30-31(26,27)28)20-29-12-14-8-13(9-19-14)10-21-6-2-1-3-7-21/h13-16,19H,1-12H2,(H,20,24)(H,26,27,28)/t13-,14+,15-,16+/m1/s1. The van der Waals surface area contributed by atoms with E-state index in [2.05, 4.69) is 20.0 Å². The third-order valence-electron chi connectivity index (χ3n) is 6.54. The minimum atomic E-state index is -4.81. The molecule has 4 aliphatic rings. The first-order valence-electron chi connectivity index (χ1n) is 10.9. The summed E-state index contributed by atoms with van der Waals surface area (Å²) in [5, 5.41) is 4.06. The maximum Gasteiger partial charge on any atom is 0.418 e. The lowest BCUT2D eigenvalue weighted by molar-refractivity contribution is -0.139. The van der Waals surface area contributed by atoms with Crippen molar-refractivity contribution >= 4 is 22.3 Å². The van der Waals surface area contributed by atoms with E-state index in [1.807, 2.05) is 0 Å². The van der Waals surface area contributed by atoms with E-state index in [9.17, 15) is 18.0 Å². The van der Waals surface area contributed by atoms with E-state index in [4.69, 9.17) is 9.39 Å². The van der Waals surface area contributed by atoms with Crippen LogP contribution in [0.4, 0.5) is 4.79 Å². The molecule has 0 saturated carbocycles. The van der Waals surface area contributed by atoms with Crippen LogP contribution in [0.25, 0.3) is 0 Å². The van der Waals surface area contributed by atoms with Crippen LogP contribution in [-0.4, -0.2) is 97.2 Å². The number of hydrogen-bond donors (Lipinski definition) is 3. The van der Waals surface area contributed by atoms with Crippen LogP contribution in [0.1, 0.15) is 38.5 Å². The number of rotatable bonds is 8. The maximum atomic E-state index is 12.5. The predicted octanol–water partition coefficient (Wildman–Crippen LogP) is -0.499. The fourth-order valence-corrected chi connectivity index (χ4v) is 5.45. The number of hydrogen-bond acceptors (Lipinski definition) is 8. The minimum Gasteiger partial charge on any atom is -0.311 e. The van der Waals surface area contributed by atoms with Crippen molar-refractivity contribution in [1.29, 1.82) is 0 Å². The molecular weight excluding hydrogens is 430 g/mol. The fraction of sp³-hybridized carbons (Fsp3) is 0.889. The highest BCUT2D eigenvalue weighted by atomic mass is 32.3. The van der Waals surface area contributed by atoms with Crippen LogP contribution in [0.3, 0.4) is 0 Å². The van der Waals surface area contributed by atoms with Crippen molar-refractivity contribution in [3.05, 3.63) is 0 Å². The van der Waals surface area contributed by atoms with Crippen LogP contribution in [0.15, 0.2) is 0 Å². The van der Waals surface area contributed by atoms with Crippen molar-refractivity contribution in [1.82, 2.24) is 25.7 Å². The zero-order valence-corrected chi connectivity index (χ0v) is 18.3. The Bertz CT molecular complexity index is 775. The van der Waals surface area contributed by atoms with E-state index in [1.54, 1.807) is 0 Å². The molecule has 176 valence electrons. The Labute approximate surface area is 182 Å². The molecule has 0 radical (unpaired) electrons. The van der Waals surface area contributed by atoms with Crippen LogP contribution < -0.4 is 10.8 Å². The highest BCUT2D eigenvalue weighted by molar-refractivity contribution is 7.80. The molecule has 13 heteroatoms. The van der Waals surface area contributed by atoms with Gasteiger partial charge < -0.3 is 15.1 Å². The fourth-order valence-electron chi connectivity index (χ4n) is 5.06. The monoisotopic (exact) mass is 461 g/mol. The molecule has 4 atom stereocenters. The van der Waals surface area contributed by atoms with Gasteiger partial charge in [-0.3, -0.25) is 14.2 Å². The number of urea groups is 1. The van der Waals surface area contributed by atoms with Gasteiger partial charge in [0.2, 0.25) is 0 Å². The summed E-state index contributed by atoms with van der Waals surface area (Å²) in [5.41, 5.74) is 2.43. The van der Waals surface area contributed by atoms with Gasteiger partial charge in [0.05, 0.1) is 12.6 Å². The second-order valence-corrected chi connectivity index (χ2v) is 9.86. The summed E-state index contributed by atoms with van der Waals surface area (Å²) < 4.78 is 35.1. The Morgan fingerprint density at radius 2 is 2.00 bits per heavy atom. The molecule has 12 nitrogen and oxygen atoms in total. The third kappa shape index (κ3) is 5.65. The van der Waals surface area contributed by atoms with Crippen LogP contribution in [0.5, 0.6) is 0 Å². The molecular formula is C18H31N5O7S. The summed E-state index contributed by atoms with van der Waals surface area (Å²) in [7, 11) is -4.81. The number of likely N-dealkylation sites (tertiary alicyclic amines) is 1.